The van der Waals surface area contributed by atoms with Crippen molar-refractivity contribution in [1.29, 1.82) is 0 Å². The zero-order valence-electron chi connectivity index (χ0n) is 14.1. The summed E-state index contributed by atoms with van der Waals surface area (Å²) in [6.07, 6.45) is 4.23. The van der Waals surface area contributed by atoms with Crippen molar-refractivity contribution in [3.05, 3.63) is 34.6 Å². The molecule has 0 aliphatic heterocycles. The number of rotatable bonds is 3. The average molecular weight is 343 g/mol. The van der Waals surface area contributed by atoms with Gasteiger partial charge in [0.15, 0.2) is 0 Å². The molecule has 1 saturated carbocycles. The first-order valence-corrected chi connectivity index (χ1v) is 8.47. The highest BCUT2D eigenvalue weighted by Crippen LogP contribution is 2.23. The first kappa shape index (κ1) is 17.1. The number of fused-ring (bicyclic) bond motifs is 1. The number of aromatic nitrogens is 3. The maximum absolute atomic E-state index is 12.3. The van der Waals surface area contributed by atoms with Crippen molar-refractivity contribution in [2.24, 2.45) is 5.92 Å². The molecule has 2 aromatic rings. The van der Waals surface area contributed by atoms with E-state index in [2.05, 4.69) is 27.9 Å². The maximum atomic E-state index is 12.3. The zero-order valence-corrected chi connectivity index (χ0v) is 14.1. The average Bonchev–Trinajstić information content (AvgIpc) is 2.59. The molecule has 0 unspecified atom stereocenters. The Balaban J connectivity index is 1.61. The van der Waals surface area contributed by atoms with E-state index < -0.39 is 17.5 Å². The molecule has 0 spiro atoms. The third-order valence-corrected chi connectivity index (χ3v) is 4.60. The van der Waals surface area contributed by atoms with Gasteiger partial charge in [0.25, 0.3) is 5.56 Å². The lowest BCUT2D eigenvalue weighted by atomic mass is 9.86. The van der Waals surface area contributed by atoms with Crippen LogP contribution in [0.4, 0.5) is 4.79 Å². The molecule has 0 saturated heterocycles. The molecular weight excluding hydrogens is 322 g/mol. The van der Waals surface area contributed by atoms with Crippen molar-refractivity contribution < 1.29 is 9.59 Å². The van der Waals surface area contributed by atoms with E-state index in [0.29, 0.717) is 16.8 Å². The number of benzene rings is 1. The largest absolute Gasteiger partial charge is 0.335 e. The van der Waals surface area contributed by atoms with Crippen molar-refractivity contribution in [3.63, 3.8) is 0 Å². The van der Waals surface area contributed by atoms with E-state index in [1.807, 2.05) is 0 Å². The van der Waals surface area contributed by atoms with Crippen molar-refractivity contribution in [2.45, 2.75) is 45.2 Å². The quantitative estimate of drug-likeness (QED) is 0.871. The smallest absolute Gasteiger partial charge is 0.321 e. The Hall–Kier alpha value is -2.77. The van der Waals surface area contributed by atoms with Gasteiger partial charge in [-0.2, -0.15) is 0 Å². The van der Waals surface area contributed by atoms with Gasteiger partial charge in [0.05, 0.1) is 5.39 Å². The van der Waals surface area contributed by atoms with Crippen LogP contribution in [0.3, 0.4) is 0 Å². The lowest BCUT2D eigenvalue weighted by molar-refractivity contribution is -0.120. The molecular formula is C17H21N5O3. The Bertz CT molecular complexity index is 848. The van der Waals surface area contributed by atoms with Crippen LogP contribution in [0.25, 0.3) is 10.9 Å². The van der Waals surface area contributed by atoms with Gasteiger partial charge in [0.1, 0.15) is 12.1 Å². The van der Waals surface area contributed by atoms with Crippen molar-refractivity contribution in [2.75, 3.05) is 0 Å². The second-order valence-electron chi connectivity index (χ2n) is 6.46. The minimum Gasteiger partial charge on any atom is -0.335 e. The molecule has 132 valence electrons. The molecule has 1 aliphatic carbocycles. The number of nitrogens with one attached hydrogen (secondary N) is 2. The highest BCUT2D eigenvalue weighted by atomic mass is 16.2. The Kier molecular flexibility index (Phi) is 5.06. The first-order valence-electron chi connectivity index (χ1n) is 8.47. The van der Waals surface area contributed by atoms with Crippen LogP contribution in [0.2, 0.25) is 0 Å². The van der Waals surface area contributed by atoms with E-state index in [1.165, 1.54) is 6.42 Å². The standard InChI is InChI=1S/C17H21N5O3/c1-11-6-2-4-8-13(11)18-17(25)19-15(23)10-22-16(24)12-7-3-5-9-14(12)20-21-22/h3,5,7,9,11,13H,2,4,6,8,10H2,1H3,(H2,18,19,23,25)/t11-,13+/m1/s1. The van der Waals surface area contributed by atoms with E-state index in [1.54, 1.807) is 24.3 Å². The van der Waals surface area contributed by atoms with Crippen molar-refractivity contribution in [3.8, 4) is 0 Å². The third-order valence-electron chi connectivity index (χ3n) is 4.60. The van der Waals surface area contributed by atoms with Crippen LogP contribution in [-0.2, 0) is 11.3 Å². The predicted octanol–water partition coefficient (Wildman–Crippen LogP) is 1.20. The fraction of sp³-hybridized carbons (Fsp3) is 0.471. The lowest BCUT2D eigenvalue weighted by Gasteiger charge is -2.29. The summed E-state index contributed by atoms with van der Waals surface area (Å²) in [5.41, 5.74) is 0.0512. The van der Waals surface area contributed by atoms with Crippen LogP contribution in [-0.4, -0.2) is 33.0 Å². The summed E-state index contributed by atoms with van der Waals surface area (Å²) in [6, 6.07) is 6.30. The van der Waals surface area contributed by atoms with E-state index in [4.69, 9.17) is 0 Å². The van der Waals surface area contributed by atoms with Crippen LogP contribution in [0, 0.1) is 5.92 Å². The summed E-state index contributed by atoms with van der Waals surface area (Å²) in [5.74, 6) is -0.212. The van der Waals surface area contributed by atoms with Gasteiger partial charge in [-0.15, -0.1) is 5.10 Å². The highest BCUT2D eigenvalue weighted by Gasteiger charge is 2.23. The maximum Gasteiger partial charge on any atom is 0.321 e. The monoisotopic (exact) mass is 343 g/mol. The number of urea groups is 1. The van der Waals surface area contributed by atoms with Crippen LogP contribution in [0.15, 0.2) is 29.1 Å². The molecule has 0 bridgehead atoms. The van der Waals surface area contributed by atoms with Crippen LogP contribution < -0.4 is 16.2 Å². The summed E-state index contributed by atoms with van der Waals surface area (Å²) in [6.45, 7) is 1.74. The Morgan fingerprint density at radius 1 is 1.24 bits per heavy atom. The van der Waals surface area contributed by atoms with Crippen LogP contribution in [0.1, 0.15) is 32.6 Å². The van der Waals surface area contributed by atoms with Crippen molar-refractivity contribution >= 4 is 22.8 Å². The van der Waals surface area contributed by atoms with E-state index >= 15 is 0 Å². The summed E-state index contributed by atoms with van der Waals surface area (Å²) in [4.78, 5) is 36.3. The number of amides is 3. The minimum absolute atomic E-state index is 0.0738. The molecule has 1 aromatic heterocycles. The van der Waals surface area contributed by atoms with Crippen LogP contribution in [0.5, 0.6) is 0 Å². The zero-order chi connectivity index (χ0) is 17.8. The summed E-state index contributed by atoms with van der Waals surface area (Å²) in [7, 11) is 0. The molecule has 1 aromatic carbocycles. The van der Waals surface area contributed by atoms with E-state index in [0.717, 1.165) is 23.9 Å². The minimum atomic E-state index is -0.604. The van der Waals surface area contributed by atoms with Gasteiger partial charge in [0.2, 0.25) is 5.91 Å². The second kappa shape index (κ2) is 7.42. The summed E-state index contributed by atoms with van der Waals surface area (Å²) >= 11 is 0. The molecule has 8 heteroatoms. The van der Waals surface area contributed by atoms with Gasteiger partial charge in [-0.05, 0) is 30.9 Å². The molecule has 1 aliphatic rings. The molecule has 3 rings (SSSR count). The number of hydrogen-bond acceptors (Lipinski definition) is 5. The van der Waals surface area contributed by atoms with E-state index in [9.17, 15) is 14.4 Å². The Labute approximate surface area is 144 Å². The Morgan fingerprint density at radius 3 is 2.80 bits per heavy atom. The number of carbonyl (C=O) groups excluding carboxylic acids is 2. The molecule has 1 heterocycles. The molecule has 3 amide bonds. The number of carbonyl (C=O) groups is 2. The van der Waals surface area contributed by atoms with Gasteiger partial charge >= 0.3 is 6.03 Å². The number of hydrogen-bond donors (Lipinski definition) is 2. The second-order valence-corrected chi connectivity index (χ2v) is 6.46. The highest BCUT2D eigenvalue weighted by molar-refractivity contribution is 5.94. The topological polar surface area (TPSA) is 106 Å². The van der Waals surface area contributed by atoms with Gasteiger partial charge < -0.3 is 5.32 Å². The first-order chi connectivity index (χ1) is 12.0. The summed E-state index contributed by atoms with van der Waals surface area (Å²) < 4.78 is 0.953. The fourth-order valence-corrected chi connectivity index (χ4v) is 3.16. The molecule has 0 radical (unpaired) electrons. The molecule has 8 nitrogen and oxygen atoms in total. The normalized spacial score (nSPS) is 20.2. The molecule has 2 N–H and O–H groups in total. The van der Waals surface area contributed by atoms with Gasteiger partial charge in [-0.3, -0.25) is 14.9 Å². The SMILES string of the molecule is C[C@@H]1CCCC[C@@H]1NC(=O)NC(=O)Cn1nnc2ccccc2c1=O. The van der Waals surface area contributed by atoms with E-state index in [-0.39, 0.29) is 12.6 Å². The predicted molar refractivity (Wildman–Crippen MR) is 91.9 cm³/mol. The Morgan fingerprint density at radius 2 is 2.00 bits per heavy atom. The van der Waals surface area contributed by atoms with Gasteiger partial charge in [-0.25, -0.2) is 9.48 Å². The molecule has 25 heavy (non-hydrogen) atoms. The number of nitrogens with zero attached hydrogens (tertiary/aromatic N) is 3. The number of imide groups is 1. The van der Waals surface area contributed by atoms with Crippen LogP contribution >= 0.6 is 0 Å². The summed E-state index contributed by atoms with van der Waals surface area (Å²) in [5, 5.41) is 13.1. The lowest BCUT2D eigenvalue weighted by Crippen LogP contribution is -2.49. The molecule has 2 atom stereocenters. The van der Waals surface area contributed by atoms with Gasteiger partial charge in [0, 0.05) is 6.04 Å². The third kappa shape index (κ3) is 4.01. The molecule has 1 fully saturated rings. The fourth-order valence-electron chi connectivity index (χ4n) is 3.16. The van der Waals surface area contributed by atoms with Gasteiger partial charge in [-0.1, -0.05) is 37.1 Å². The van der Waals surface area contributed by atoms with Crippen molar-refractivity contribution in [1.82, 2.24) is 25.6 Å².